The van der Waals surface area contributed by atoms with Crippen molar-refractivity contribution in [3.63, 3.8) is 0 Å². The number of carbonyl (C=O) groups excluding carboxylic acids is 1. The van der Waals surface area contributed by atoms with Gasteiger partial charge in [0.25, 0.3) is 5.91 Å². The van der Waals surface area contributed by atoms with Crippen LogP contribution in [0.15, 0.2) is 36.5 Å². The maximum absolute atomic E-state index is 12.1. The van der Waals surface area contributed by atoms with E-state index in [-0.39, 0.29) is 11.3 Å². The summed E-state index contributed by atoms with van der Waals surface area (Å²) in [5.74, 6) is 0.627. The number of nitrogens with zero attached hydrogens (tertiary/aromatic N) is 2. The first-order valence-corrected chi connectivity index (χ1v) is 8.24. The molecule has 0 spiro atoms. The Kier molecular flexibility index (Phi) is 5.54. The van der Waals surface area contributed by atoms with Crippen molar-refractivity contribution in [3.05, 3.63) is 47.8 Å². The highest BCUT2D eigenvalue weighted by Gasteiger charge is 2.13. The minimum absolute atomic E-state index is 0.115. The minimum atomic E-state index is -0.183. The molecule has 2 aromatic rings. The molecule has 2 rings (SSSR count). The second-order valence-corrected chi connectivity index (χ2v) is 7.32. The zero-order valence-electron chi connectivity index (χ0n) is 15.1. The van der Waals surface area contributed by atoms with Crippen LogP contribution in [-0.2, 0) is 5.41 Å². The summed E-state index contributed by atoms with van der Waals surface area (Å²) in [7, 11) is 0. The highest BCUT2D eigenvalue weighted by molar-refractivity contribution is 5.92. The molecule has 5 nitrogen and oxygen atoms in total. The van der Waals surface area contributed by atoms with Gasteiger partial charge in [-0.1, -0.05) is 46.8 Å². The molecule has 128 valence electrons. The topological polar surface area (TPSA) is 66.9 Å². The van der Waals surface area contributed by atoms with Crippen molar-refractivity contribution < 1.29 is 4.79 Å². The summed E-state index contributed by atoms with van der Waals surface area (Å²) in [6.07, 6.45) is 1.59. The van der Waals surface area contributed by atoms with E-state index in [0.29, 0.717) is 24.1 Å². The van der Waals surface area contributed by atoms with E-state index in [1.165, 1.54) is 5.56 Å². The fraction of sp³-hybridized carbons (Fsp3) is 0.421. The molecule has 0 aliphatic heterocycles. The van der Waals surface area contributed by atoms with Gasteiger partial charge in [0.1, 0.15) is 5.69 Å². The maximum atomic E-state index is 12.1. The number of carbonyl (C=O) groups is 1. The van der Waals surface area contributed by atoms with Crippen LogP contribution in [0.3, 0.4) is 0 Å². The molecule has 0 bridgehead atoms. The van der Waals surface area contributed by atoms with Gasteiger partial charge in [-0.05, 0) is 35.1 Å². The third-order valence-electron chi connectivity index (χ3n) is 3.57. The van der Waals surface area contributed by atoms with Crippen LogP contribution in [0, 0.1) is 5.92 Å². The van der Waals surface area contributed by atoms with E-state index in [1.807, 2.05) is 12.1 Å². The predicted molar refractivity (Wildman–Crippen MR) is 97.6 cm³/mol. The summed E-state index contributed by atoms with van der Waals surface area (Å²) in [5, 5.41) is 6.00. The van der Waals surface area contributed by atoms with Crippen LogP contribution in [-0.4, -0.2) is 22.4 Å². The zero-order valence-corrected chi connectivity index (χ0v) is 15.1. The van der Waals surface area contributed by atoms with Gasteiger partial charge in [0.2, 0.25) is 5.95 Å². The molecule has 0 radical (unpaired) electrons. The van der Waals surface area contributed by atoms with E-state index in [1.54, 1.807) is 12.3 Å². The number of amides is 1. The molecule has 24 heavy (non-hydrogen) atoms. The van der Waals surface area contributed by atoms with E-state index in [9.17, 15) is 4.79 Å². The van der Waals surface area contributed by atoms with Crippen LogP contribution >= 0.6 is 0 Å². The molecule has 0 fully saturated rings. The van der Waals surface area contributed by atoms with E-state index in [0.717, 1.165) is 5.69 Å². The Morgan fingerprint density at radius 1 is 1.12 bits per heavy atom. The molecule has 2 N–H and O–H groups in total. The Morgan fingerprint density at radius 2 is 1.79 bits per heavy atom. The molecule has 0 unspecified atom stereocenters. The van der Waals surface area contributed by atoms with E-state index in [4.69, 9.17) is 0 Å². The standard InChI is InChI=1S/C19H26N4O/c1-13(2)12-21-17(24)16-10-11-20-18(23-16)22-15-8-6-14(7-9-15)19(3,4)5/h6-11,13H,12H2,1-5H3,(H,21,24)(H,20,22,23). The summed E-state index contributed by atoms with van der Waals surface area (Å²) < 4.78 is 0. The van der Waals surface area contributed by atoms with Crippen LogP contribution in [0.4, 0.5) is 11.6 Å². The molecule has 1 heterocycles. The third kappa shape index (κ3) is 5.05. The van der Waals surface area contributed by atoms with E-state index < -0.39 is 0 Å². The van der Waals surface area contributed by atoms with E-state index >= 15 is 0 Å². The number of aromatic nitrogens is 2. The number of nitrogens with one attached hydrogen (secondary N) is 2. The van der Waals surface area contributed by atoms with Gasteiger partial charge in [-0.15, -0.1) is 0 Å². The summed E-state index contributed by atoms with van der Waals surface area (Å²) >= 11 is 0. The largest absolute Gasteiger partial charge is 0.350 e. The van der Waals surface area contributed by atoms with Crippen LogP contribution < -0.4 is 10.6 Å². The van der Waals surface area contributed by atoms with Crippen molar-refractivity contribution >= 4 is 17.5 Å². The number of hydrogen-bond donors (Lipinski definition) is 2. The molecule has 1 aromatic heterocycles. The van der Waals surface area contributed by atoms with Gasteiger partial charge in [0.05, 0.1) is 0 Å². The van der Waals surface area contributed by atoms with Gasteiger partial charge in [-0.2, -0.15) is 0 Å². The van der Waals surface area contributed by atoms with Crippen LogP contribution in [0.25, 0.3) is 0 Å². The second kappa shape index (κ2) is 7.43. The summed E-state index contributed by atoms with van der Waals surface area (Å²) in [6, 6.07) is 9.78. The summed E-state index contributed by atoms with van der Waals surface area (Å²) in [6.45, 7) is 11.3. The molecule has 0 aliphatic carbocycles. The van der Waals surface area contributed by atoms with Crippen molar-refractivity contribution in [2.24, 2.45) is 5.92 Å². The summed E-state index contributed by atoms with van der Waals surface area (Å²) in [4.78, 5) is 20.5. The first kappa shape index (κ1) is 17.9. The second-order valence-electron chi connectivity index (χ2n) is 7.32. The molecule has 0 atom stereocenters. The Morgan fingerprint density at radius 3 is 2.38 bits per heavy atom. The minimum Gasteiger partial charge on any atom is -0.350 e. The molecule has 1 amide bonds. The van der Waals surface area contributed by atoms with Gasteiger partial charge in [0, 0.05) is 18.4 Å². The Bertz CT molecular complexity index is 687. The van der Waals surface area contributed by atoms with E-state index in [2.05, 4.69) is 67.4 Å². The van der Waals surface area contributed by atoms with Crippen LogP contribution in [0.2, 0.25) is 0 Å². The fourth-order valence-electron chi connectivity index (χ4n) is 2.12. The monoisotopic (exact) mass is 326 g/mol. The molecular weight excluding hydrogens is 300 g/mol. The lowest BCUT2D eigenvalue weighted by molar-refractivity contribution is 0.0944. The summed E-state index contributed by atoms with van der Waals surface area (Å²) in [5.41, 5.74) is 2.63. The molecule has 0 saturated carbocycles. The average Bonchev–Trinajstić information content (AvgIpc) is 2.52. The van der Waals surface area contributed by atoms with Gasteiger partial charge in [0.15, 0.2) is 0 Å². The fourth-order valence-corrected chi connectivity index (χ4v) is 2.12. The number of hydrogen-bond acceptors (Lipinski definition) is 4. The van der Waals surface area contributed by atoms with Gasteiger partial charge in [-0.3, -0.25) is 4.79 Å². The number of benzene rings is 1. The molecule has 0 aliphatic rings. The molecule has 5 heteroatoms. The zero-order chi connectivity index (χ0) is 17.7. The lowest BCUT2D eigenvalue weighted by atomic mass is 9.87. The lowest BCUT2D eigenvalue weighted by Crippen LogP contribution is -2.28. The average molecular weight is 326 g/mol. The molecule has 0 saturated heterocycles. The van der Waals surface area contributed by atoms with Crippen molar-refractivity contribution in [1.82, 2.24) is 15.3 Å². The van der Waals surface area contributed by atoms with Gasteiger partial charge < -0.3 is 10.6 Å². The maximum Gasteiger partial charge on any atom is 0.270 e. The Hall–Kier alpha value is -2.43. The van der Waals surface area contributed by atoms with Crippen molar-refractivity contribution in [1.29, 1.82) is 0 Å². The predicted octanol–water partition coefficient (Wildman–Crippen LogP) is 3.90. The smallest absolute Gasteiger partial charge is 0.270 e. The Balaban J connectivity index is 2.08. The highest BCUT2D eigenvalue weighted by Crippen LogP contribution is 2.24. The molecule has 1 aromatic carbocycles. The first-order chi connectivity index (χ1) is 11.3. The SMILES string of the molecule is CC(C)CNC(=O)c1ccnc(Nc2ccc(C(C)(C)C)cc2)n1. The third-order valence-corrected chi connectivity index (χ3v) is 3.57. The highest BCUT2D eigenvalue weighted by atomic mass is 16.1. The normalized spacial score (nSPS) is 11.4. The van der Waals surface area contributed by atoms with Gasteiger partial charge in [-0.25, -0.2) is 9.97 Å². The van der Waals surface area contributed by atoms with Crippen LogP contribution in [0.1, 0.15) is 50.7 Å². The van der Waals surface area contributed by atoms with Crippen molar-refractivity contribution in [2.45, 2.75) is 40.0 Å². The molecular formula is C19H26N4O. The number of anilines is 2. The van der Waals surface area contributed by atoms with Crippen LogP contribution in [0.5, 0.6) is 0 Å². The number of rotatable bonds is 5. The van der Waals surface area contributed by atoms with Crippen molar-refractivity contribution in [2.75, 3.05) is 11.9 Å². The van der Waals surface area contributed by atoms with Crippen molar-refractivity contribution in [3.8, 4) is 0 Å². The van der Waals surface area contributed by atoms with Gasteiger partial charge >= 0.3 is 0 Å². The first-order valence-electron chi connectivity index (χ1n) is 8.24. The Labute approximate surface area is 143 Å². The lowest BCUT2D eigenvalue weighted by Gasteiger charge is -2.19. The quantitative estimate of drug-likeness (QED) is 0.874.